The molecule has 0 aliphatic heterocycles. The van der Waals surface area contributed by atoms with Crippen molar-refractivity contribution < 1.29 is 19.4 Å². The molecule has 0 aliphatic rings. The van der Waals surface area contributed by atoms with Gasteiger partial charge in [0, 0.05) is 11.9 Å². The third-order valence-corrected chi connectivity index (χ3v) is 2.23. The Morgan fingerprint density at radius 3 is 2.63 bits per heavy atom. The number of carbonyl (C=O) groups excluding carboxylic acids is 1. The monoisotopic (exact) mass is 261 g/mol. The highest BCUT2D eigenvalue weighted by atomic mass is 16.5. The lowest BCUT2D eigenvalue weighted by Crippen LogP contribution is -2.11. The normalized spacial score (nSPS) is 9.89. The molecule has 1 amide bonds. The summed E-state index contributed by atoms with van der Waals surface area (Å²) in [5.74, 6) is -0.908. The van der Waals surface area contributed by atoms with E-state index in [0.717, 1.165) is 0 Å². The van der Waals surface area contributed by atoms with Crippen LogP contribution in [0.4, 0.5) is 5.69 Å². The highest BCUT2D eigenvalue weighted by Crippen LogP contribution is 2.16. The van der Waals surface area contributed by atoms with E-state index in [4.69, 9.17) is 9.84 Å². The molecule has 0 saturated carbocycles. The predicted molar refractivity (Wildman–Crippen MR) is 66.1 cm³/mol. The summed E-state index contributed by atoms with van der Waals surface area (Å²) in [5, 5.41) is 17.4. The number of nitrogens with zero attached hydrogens (tertiary/aromatic N) is 1. The first kappa shape index (κ1) is 12.6. The van der Waals surface area contributed by atoms with Crippen molar-refractivity contribution in [3.63, 3.8) is 0 Å². The number of benzene rings is 1. The van der Waals surface area contributed by atoms with Crippen molar-refractivity contribution in [1.29, 1.82) is 0 Å². The second-order valence-corrected chi connectivity index (χ2v) is 3.65. The van der Waals surface area contributed by atoms with Gasteiger partial charge in [0.25, 0.3) is 5.91 Å². The zero-order valence-corrected chi connectivity index (χ0v) is 9.79. The van der Waals surface area contributed by atoms with Crippen LogP contribution in [-0.2, 0) is 4.79 Å². The summed E-state index contributed by atoms with van der Waals surface area (Å²) in [5.41, 5.74) is 1.00. The molecule has 1 aromatic heterocycles. The number of aromatic amines is 1. The molecule has 0 unspecified atom stereocenters. The quantitative estimate of drug-likeness (QED) is 0.748. The van der Waals surface area contributed by atoms with Gasteiger partial charge in [-0.1, -0.05) is 0 Å². The van der Waals surface area contributed by atoms with E-state index in [9.17, 15) is 9.59 Å². The molecular weight excluding hydrogens is 250 g/mol. The van der Waals surface area contributed by atoms with Gasteiger partial charge in [-0.25, -0.2) is 4.79 Å². The Morgan fingerprint density at radius 2 is 2.05 bits per heavy atom. The van der Waals surface area contributed by atoms with Crippen LogP contribution in [0.5, 0.6) is 5.75 Å². The van der Waals surface area contributed by atoms with Gasteiger partial charge < -0.3 is 15.2 Å². The van der Waals surface area contributed by atoms with Crippen LogP contribution < -0.4 is 10.1 Å². The third kappa shape index (κ3) is 3.56. The van der Waals surface area contributed by atoms with E-state index in [0.29, 0.717) is 17.0 Å². The fourth-order valence-electron chi connectivity index (χ4n) is 1.36. The van der Waals surface area contributed by atoms with E-state index in [2.05, 4.69) is 15.5 Å². The molecule has 0 bridgehead atoms. The van der Waals surface area contributed by atoms with Gasteiger partial charge in [0.1, 0.15) is 5.75 Å². The zero-order chi connectivity index (χ0) is 13.7. The number of aromatic nitrogens is 2. The molecule has 7 heteroatoms. The number of nitrogens with one attached hydrogen (secondary N) is 2. The Labute approximate surface area is 108 Å². The Kier molecular flexibility index (Phi) is 3.77. The van der Waals surface area contributed by atoms with Crippen molar-refractivity contribution in [1.82, 2.24) is 10.2 Å². The Hall–Kier alpha value is -2.83. The lowest BCUT2D eigenvalue weighted by atomic mass is 10.2. The van der Waals surface area contributed by atoms with Gasteiger partial charge in [0.05, 0.1) is 11.8 Å². The summed E-state index contributed by atoms with van der Waals surface area (Å²) in [4.78, 5) is 22.0. The number of amides is 1. The molecule has 19 heavy (non-hydrogen) atoms. The van der Waals surface area contributed by atoms with E-state index >= 15 is 0 Å². The largest absolute Gasteiger partial charge is 0.482 e. The molecule has 0 aliphatic carbocycles. The van der Waals surface area contributed by atoms with E-state index < -0.39 is 12.6 Å². The highest BCUT2D eigenvalue weighted by Gasteiger charge is 2.07. The summed E-state index contributed by atoms with van der Waals surface area (Å²) in [6, 6.07) is 6.40. The third-order valence-electron chi connectivity index (χ3n) is 2.23. The van der Waals surface area contributed by atoms with Crippen LogP contribution in [0.15, 0.2) is 36.7 Å². The van der Waals surface area contributed by atoms with Crippen LogP contribution >= 0.6 is 0 Å². The van der Waals surface area contributed by atoms with Gasteiger partial charge in [0.2, 0.25) is 0 Å². The van der Waals surface area contributed by atoms with Crippen molar-refractivity contribution >= 4 is 17.6 Å². The lowest BCUT2D eigenvalue weighted by Gasteiger charge is -2.06. The standard InChI is InChI=1S/C12H11N3O4/c16-11(17)7-19-10-3-1-9(2-4-10)15-12(18)8-5-13-14-6-8/h1-6H,7H2,(H,13,14)(H,15,18)(H,16,17). The number of aliphatic carboxylic acids is 1. The smallest absolute Gasteiger partial charge is 0.341 e. The van der Waals surface area contributed by atoms with Gasteiger partial charge >= 0.3 is 5.97 Å². The number of hydrogen-bond donors (Lipinski definition) is 3. The van der Waals surface area contributed by atoms with E-state index in [1.807, 2.05) is 0 Å². The molecule has 2 aromatic rings. The number of hydrogen-bond acceptors (Lipinski definition) is 4. The van der Waals surface area contributed by atoms with E-state index in [1.54, 1.807) is 24.3 Å². The average molecular weight is 261 g/mol. The average Bonchev–Trinajstić information content (AvgIpc) is 2.92. The number of H-pyrrole nitrogens is 1. The molecular formula is C12H11N3O4. The van der Waals surface area contributed by atoms with Crippen LogP contribution in [0, 0.1) is 0 Å². The predicted octanol–water partition coefficient (Wildman–Crippen LogP) is 1.13. The Balaban J connectivity index is 1.95. The van der Waals surface area contributed by atoms with Crippen molar-refractivity contribution in [3.8, 4) is 5.75 Å². The van der Waals surface area contributed by atoms with Crippen molar-refractivity contribution in [3.05, 3.63) is 42.2 Å². The van der Waals surface area contributed by atoms with Crippen LogP contribution in [0.2, 0.25) is 0 Å². The zero-order valence-electron chi connectivity index (χ0n) is 9.79. The first-order valence-corrected chi connectivity index (χ1v) is 5.40. The van der Waals surface area contributed by atoms with Crippen molar-refractivity contribution in [2.24, 2.45) is 0 Å². The number of carboxylic acid groups (broad SMARTS) is 1. The topological polar surface area (TPSA) is 104 Å². The molecule has 1 heterocycles. The summed E-state index contributed by atoms with van der Waals surface area (Å²) in [7, 11) is 0. The minimum atomic E-state index is -1.04. The molecule has 0 radical (unpaired) electrons. The fourth-order valence-corrected chi connectivity index (χ4v) is 1.36. The van der Waals surface area contributed by atoms with Gasteiger partial charge in [-0.15, -0.1) is 0 Å². The molecule has 0 saturated heterocycles. The summed E-state index contributed by atoms with van der Waals surface area (Å²) >= 11 is 0. The maximum Gasteiger partial charge on any atom is 0.341 e. The summed E-state index contributed by atoms with van der Waals surface area (Å²) in [6.07, 6.45) is 2.90. The second kappa shape index (κ2) is 5.67. The molecule has 3 N–H and O–H groups in total. The van der Waals surface area contributed by atoms with Crippen molar-refractivity contribution in [2.45, 2.75) is 0 Å². The van der Waals surface area contributed by atoms with Gasteiger partial charge in [-0.2, -0.15) is 5.10 Å². The van der Waals surface area contributed by atoms with Crippen LogP contribution in [0.3, 0.4) is 0 Å². The fraction of sp³-hybridized carbons (Fsp3) is 0.0833. The molecule has 0 atom stereocenters. The Morgan fingerprint density at radius 1 is 1.32 bits per heavy atom. The maximum absolute atomic E-state index is 11.7. The Bertz CT molecular complexity index is 563. The number of anilines is 1. The number of ether oxygens (including phenoxy) is 1. The molecule has 2 rings (SSSR count). The molecule has 0 fully saturated rings. The minimum Gasteiger partial charge on any atom is -0.482 e. The van der Waals surface area contributed by atoms with Gasteiger partial charge in [0.15, 0.2) is 6.61 Å². The van der Waals surface area contributed by atoms with Crippen LogP contribution in [-0.4, -0.2) is 33.8 Å². The molecule has 1 aromatic carbocycles. The SMILES string of the molecule is O=C(O)COc1ccc(NC(=O)c2cn[nH]c2)cc1. The van der Waals surface area contributed by atoms with Crippen molar-refractivity contribution in [2.75, 3.05) is 11.9 Å². The first-order valence-electron chi connectivity index (χ1n) is 5.40. The maximum atomic E-state index is 11.7. The first-order chi connectivity index (χ1) is 9.15. The van der Waals surface area contributed by atoms with Gasteiger partial charge in [-0.3, -0.25) is 9.89 Å². The molecule has 7 nitrogen and oxygen atoms in total. The molecule has 98 valence electrons. The number of carboxylic acids is 1. The number of carbonyl (C=O) groups is 2. The summed E-state index contributed by atoms with van der Waals surface area (Å²) in [6.45, 7) is -0.402. The van der Waals surface area contributed by atoms with Gasteiger partial charge in [-0.05, 0) is 24.3 Å². The van der Waals surface area contributed by atoms with Crippen LogP contribution in [0.1, 0.15) is 10.4 Å². The van der Waals surface area contributed by atoms with E-state index in [-0.39, 0.29) is 5.91 Å². The summed E-state index contributed by atoms with van der Waals surface area (Å²) < 4.78 is 4.97. The number of rotatable bonds is 5. The highest BCUT2D eigenvalue weighted by molar-refractivity contribution is 6.03. The second-order valence-electron chi connectivity index (χ2n) is 3.65. The minimum absolute atomic E-state index is 0.284. The van der Waals surface area contributed by atoms with E-state index in [1.165, 1.54) is 12.4 Å². The lowest BCUT2D eigenvalue weighted by molar-refractivity contribution is -0.139. The molecule has 0 spiro atoms. The van der Waals surface area contributed by atoms with Crippen LogP contribution in [0.25, 0.3) is 0 Å².